The van der Waals surface area contributed by atoms with Crippen LogP contribution in [0.1, 0.15) is 0 Å². The quantitative estimate of drug-likeness (QED) is 0.649. The Morgan fingerprint density at radius 1 is 1.20 bits per heavy atom. The molecule has 0 N–H and O–H groups in total. The van der Waals surface area contributed by atoms with Gasteiger partial charge >= 0.3 is 0 Å². The van der Waals surface area contributed by atoms with E-state index >= 15 is 0 Å². The normalized spacial score (nSPS) is 10.5. The third-order valence-electron chi connectivity index (χ3n) is 1.40. The summed E-state index contributed by atoms with van der Waals surface area (Å²) < 4.78 is 6.30. The number of halogens is 1. The molecule has 0 aliphatic heterocycles. The van der Waals surface area contributed by atoms with E-state index in [1.54, 1.807) is 0 Å². The number of furan rings is 1. The van der Waals surface area contributed by atoms with Crippen LogP contribution in [0.4, 0.5) is 0 Å². The van der Waals surface area contributed by atoms with Gasteiger partial charge in [-0.05, 0) is 34.7 Å². The number of para-hydroxylation sites is 1. The fourth-order valence-corrected chi connectivity index (χ4v) is 1.52. The third kappa shape index (κ3) is 0.923. The monoisotopic (exact) mass is 244 g/mol. The van der Waals surface area contributed by atoms with E-state index in [9.17, 15) is 0 Å². The molecular weight excluding hydrogens is 239 g/mol. The second-order valence-electron chi connectivity index (χ2n) is 2.09. The van der Waals surface area contributed by atoms with E-state index in [1.165, 1.54) is 5.39 Å². The Bertz CT molecular complexity index is 318. The summed E-state index contributed by atoms with van der Waals surface area (Å²) in [4.78, 5) is 0. The van der Waals surface area contributed by atoms with Gasteiger partial charge in [0.2, 0.25) is 0 Å². The zero-order chi connectivity index (χ0) is 6.97. The van der Waals surface area contributed by atoms with Crippen LogP contribution in [0, 0.1) is 3.77 Å². The second kappa shape index (κ2) is 2.27. The van der Waals surface area contributed by atoms with Crippen LogP contribution in [0.15, 0.2) is 34.7 Å². The predicted molar refractivity (Wildman–Crippen MR) is 48.9 cm³/mol. The average Bonchev–Trinajstić information content (AvgIpc) is 2.27. The molecule has 0 aliphatic rings. The predicted octanol–water partition coefficient (Wildman–Crippen LogP) is 3.04. The van der Waals surface area contributed by atoms with Crippen LogP contribution in [0.3, 0.4) is 0 Å². The van der Waals surface area contributed by atoms with Gasteiger partial charge in [-0.3, -0.25) is 0 Å². The summed E-state index contributed by atoms with van der Waals surface area (Å²) in [5, 5.41) is 1.17. The van der Waals surface area contributed by atoms with Crippen LogP contribution >= 0.6 is 22.6 Å². The maximum Gasteiger partial charge on any atom is 0.165 e. The first-order chi connectivity index (χ1) is 4.86. The number of rotatable bonds is 0. The number of hydrogen-bond acceptors (Lipinski definition) is 1. The summed E-state index contributed by atoms with van der Waals surface area (Å²) in [6.45, 7) is 0. The molecule has 0 spiro atoms. The van der Waals surface area contributed by atoms with Gasteiger partial charge in [0, 0.05) is 5.39 Å². The van der Waals surface area contributed by atoms with E-state index in [2.05, 4.69) is 22.6 Å². The van der Waals surface area contributed by atoms with Gasteiger partial charge in [0.05, 0.1) is 0 Å². The second-order valence-corrected chi connectivity index (χ2v) is 3.15. The molecule has 0 bridgehead atoms. The van der Waals surface area contributed by atoms with Gasteiger partial charge in [-0.25, -0.2) is 0 Å². The molecule has 0 amide bonds. The highest BCUT2D eigenvalue weighted by molar-refractivity contribution is 14.1. The first-order valence-corrected chi connectivity index (χ1v) is 4.08. The summed E-state index contributed by atoms with van der Waals surface area (Å²) in [6, 6.07) is 10.0. The highest BCUT2D eigenvalue weighted by Crippen LogP contribution is 2.19. The molecule has 0 radical (unpaired) electrons. The van der Waals surface area contributed by atoms with Crippen molar-refractivity contribution in [3.63, 3.8) is 0 Å². The summed E-state index contributed by atoms with van der Waals surface area (Å²) >= 11 is 2.17. The van der Waals surface area contributed by atoms with Crippen molar-refractivity contribution in [2.45, 2.75) is 0 Å². The van der Waals surface area contributed by atoms with Crippen LogP contribution in [0.25, 0.3) is 11.0 Å². The minimum absolute atomic E-state index is 0.943. The molecule has 0 aliphatic carbocycles. The Morgan fingerprint density at radius 2 is 2.00 bits per heavy atom. The average molecular weight is 244 g/mol. The first-order valence-electron chi connectivity index (χ1n) is 3.00. The van der Waals surface area contributed by atoms with E-state index in [1.807, 2.05) is 30.3 Å². The third-order valence-corrected chi connectivity index (χ3v) is 1.93. The van der Waals surface area contributed by atoms with Crippen LogP contribution in [-0.2, 0) is 0 Å². The van der Waals surface area contributed by atoms with E-state index in [4.69, 9.17) is 4.42 Å². The summed E-state index contributed by atoms with van der Waals surface area (Å²) in [6.07, 6.45) is 0. The van der Waals surface area contributed by atoms with Crippen molar-refractivity contribution in [1.82, 2.24) is 0 Å². The maximum absolute atomic E-state index is 5.35. The molecule has 1 heterocycles. The first kappa shape index (κ1) is 6.22. The van der Waals surface area contributed by atoms with Crippen molar-refractivity contribution in [2.24, 2.45) is 0 Å². The van der Waals surface area contributed by atoms with Gasteiger partial charge in [-0.2, -0.15) is 0 Å². The van der Waals surface area contributed by atoms with Crippen LogP contribution in [0.2, 0.25) is 0 Å². The molecular formula is C8H5IO. The maximum atomic E-state index is 5.35. The fraction of sp³-hybridized carbons (Fsp3) is 0. The van der Waals surface area contributed by atoms with Gasteiger partial charge in [-0.15, -0.1) is 0 Å². The van der Waals surface area contributed by atoms with Gasteiger partial charge in [0.1, 0.15) is 5.58 Å². The molecule has 0 atom stereocenters. The fourth-order valence-electron chi connectivity index (χ4n) is 0.949. The number of fused-ring (bicyclic) bond motifs is 1. The summed E-state index contributed by atoms with van der Waals surface area (Å²) in [5.74, 6) is 0. The van der Waals surface area contributed by atoms with Crippen molar-refractivity contribution in [3.05, 3.63) is 34.1 Å². The molecule has 50 valence electrons. The van der Waals surface area contributed by atoms with Gasteiger partial charge in [0.15, 0.2) is 3.77 Å². The molecule has 10 heavy (non-hydrogen) atoms. The van der Waals surface area contributed by atoms with Crippen LogP contribution in [0.5, 0.6) is 0 Å². The van der Waals surface area contributed by atoms with Crippen molar-refractivity contribution < 1.29 is 4.42 Å². The van der Waals surface area contributed by atoms with E-state index < -0.39 is 0 Å². The zero-order valence-corrected chi connectivity index (χ0v) is 7.33. The Balaban J connectivity index is 2.88. The van der Waals surface area contributed by atoms with Crippen LogP contribution in [-0.4, -0.2) is 0 Å². The molecule has 1 nitrogen and oxygen atoms in total. The summed E-state index contributed by atoms with van der Waals surface area (Å²) in [5.41, 5.74) is 0.965. The molecule has 0 saturated heterocycles. The Labute approximate surface area is 72.2 Å². The lowest BCUT2D eigenvalue weighted by Crippen LogP contribution is -1.57. The van der Waals surface area contributed by atoms with Crippen molar-refractivity contribution in [3.8, 4) is 0 Å². The largest absolute Gasteiger partial charge is 0.450 e. The zero-order valence-electron chi connectivity index (χ0n) is 5.17. The molecule has 2 heteroatoms. The van der Waals surface area contributed by atoms with Gasteiger partial charge in [0.25, 0.3) is 0 Å². The Morgan fingerprint density at radius 3 is 2.80 bits per heavy atom. The molecule has 0 fully saturated rings. The van der Waals surface area contributed by atoms with E-state index in [0.717, 1.165) is 9.35 Å². The van der Waals surface area contributed by atoms with E-state index in [-0.39, 0.29) is 0 Å². The standard InChI is InChI=1S/C8H5IO/c9-8-5-6-3-1-2-4-7(6)10-8/h1-5H. The molecule has 1 aromatic heterocycles. The Kier molecular flexibility index (Phi) is 1.41. The molecule has 0 unspecified atom stereocenters. The molecule has 2 rings (SSSR count). The van der Waals surface area contributed by atoms with Crippen molar-refractivity contribution >= 4 is 33.6 Å². The van der Waals surface area contributed by atoms with Crippen molar-refractivity contribution in [2.75, 3.05) is 0 Å². The molecule has 1 aromatic carbocycles. The highest BCUT2D eigenvalue weighted by Gasteiger charge is 1.96. The van der Waals surface area contributed by atoms with Crippen molar-refractivity contribution in [1.29, 1.82) is 0 Å². The highest BCUT2D eigenvalue weighted by atomic mass is 127. The lowest BCUT2D eigenvalue weighted by molar-refractivity contribution is 0.584. The summed E-state index contributed by atoms with van der Waals surface area (Å²) in [7, 11) is 0. The van der Waals surface area contributed by atoms with Gasteiger partial charge < -0.3 is 4.42 Å². The topological polar surface area (TPSA) is 13.1 Å². The number of benzene rings is 1. The lowest BCUT2D eigenvalue weighted by atomic mass is 10.3. The Hall–Kier alpha value is -0.510. The molecule has 0 saturated carbocycles. The van der Waals surface area contributed by atoms with E-state index in [0.29, 0.717) is 0 Å². The smallest absolute Gasteiger partial charge is 0.165 e. The van der Waals surface area contributed by atoms with Gasteiger partial charge in [-0.1, -0.05) is 18.2 Å². The lowest BCUT2D eigenvalue weighted by Gasteiger charge is -1.81. The SMILES string of the molecule is Ic1cc2ccccc2o1. The minimum Gasteiger partial charge on any atom is -0.450 e. The molecule has 2 aromatic rings. The number of hydrogen-bond donors (Lipinski definition) is 0. The van der Waals surface area contributed by atoms with Crippen LogP contribution < -0.4 is 0 Å². The minimum atomic E-state index is 0.943.